The van der Waals surface area contributed by atoms with E-state index in [0.29, 0.717) is 12.5 Å². The van der Waals surface area contributed by atoms with Crippen molar-refractivity contribution in [3.63, 3.8) is 0 Å². The Labute approximate surface area is 156 Å². The predicted octanol–water partition coefficient (Wildman–Crippen LogP) is 3.96. The van der Waals surface area contributed by atoms with Crippen molar-refractivity contribution in [1.82, 2.24) is 4.90 Å². The molecule has 2 aromatic rings. The largest absolute Gasteiger partial charge is 0.369 e. The normalized spacial score (nSPS) is 16.3. The van der Waals surface area contributed by atoms with Crippen molar-refractivity contribution in [3.8, 4) is 0 Å². The smallest absolute Gasteiger partial charge is 0.238 e. The molecule has 0 unspecified atom stereocenters. The van der Waals surface area contributed by atoms with E-state index in [2.05, 4.69) is 65.4 Å². The predicted molar refractivity (Wildman–Crippen MR) is 109 cm³/mol. The highest BCUT2D eigenvalue weighted by Crippen LogP contribution is 2.20. The van der Waals surface area contributed by atoms with E-state index in [1.54, 1.807) is 0 Å². The summed E-state index contributed by atoms with van der Waals surface area (Å²) in [5, 5.41) is 3.02. The lowest BCUT2D eigenvalue weighted by molar-refractivity contribution is -0.117. The van der Waals surface area contributed by atoms with Gasteiger partial charge in [0.1, 0.15) is 0 Å². The fourth-order valence-electron chi connectivity index (χ4n) is 3.34. The molecule has 2 aromatic carbocycles. The number of anilines is 2. The Hall–Kier alpha value is -2.33. The van der Waals surface area contributed by atoms with Crippen molar-refractivity contribution in [2.75, 3.05) is 42.9 Å². The van der Waals surface area contributed by atoms with Gasteiger partial charge in [-0.15, -0.1) is 0 Å². The number of benzene rings is 2. The van der Waals surface area contributed by atoms with Crippen LogP contribution in [0.15, 0.2) is 54.6 Å². The molecular weight excluding hydrogens is 322 g/mol. The molecule has 4 nitrogen and oxygen atoms in total. The van der Waals surface area contributed by atoms with E-state index in [0.717, 1.165) is 38.3 Å². The molecule has 0 radical (unpaired) electrons. The zero-order chi connectivity index (χ0) is 18.4. The number of amides is 1. The zero-order valence-electron chi connectivity index (χ0n) is 15.8. The molecule has 0 aliphatic carbocycles. The van der Waals surface area contributed by atoms with E-state index < -0.39 is 0 Å². The van der Waals surface area contributed by atoms with Crippen LogP contribution in [0.5, 0.6) is 0 Å². The summed E-state index contributed by atoms with van der Waals surface area (Å²) in [6.07, 6.45) is 1.13. The van der Waals surface area contributed by atoms with Crippen molar-refractivity contribution in [2.24, 2.45) is 0 Å². The molecule has 26 heavy (non-hydrogen) atoms. The molecular formula is C22H29N3O. The average Bonchev–Trinajstić information content (AvgIpc) is 2.69. The maximum absolute atomic E-state index is 12.3. The summed E-state index contributed by atoms with van der Waals surface area (Å²) in [6, 6.07) is 18.7. The molecule has 1 saturated heterocycles. The van der Waals surface area contributed by atoms with E-state index in [1.807, 2.05) is 18.2 Å². The number of nitrogens with one attached hydrogen (secondary N) is 1. The number of piperazine rings is 1. The summed E-state index contributed by atoms with van der Waals surface area (Å²) in [4.78, 5) is 16.9. The van der Waals surface area contributed by atoms with Gasteiger partial charge in [-0.1, -0.05) is 44.2 Å². The first-order valence-electron chi connectivity index (χ1n) is 9.58. The number of carbonyl (C=O) groups is 1. The highest BCUT2D eigenvalue weighted by Gasteiger charge is 2.19. The van der Waals surface area contributed by atoms with Gasteiger partial charge in [0, 0.05) is 37.6 Å². The molecule has 0 bridgehead atoms. The summed E-state index contributed by atoms with van der Waals surface area (Å²) in [5.41, 5.74) is 3.46. The van der Waals surface area contributed by atoms with Crippen LogP contribution in [0.2, 0.25) is 0 Å². The number of para-hydroxylation sites is 1. The monoisotopic (exact) mass is 351 g/mol. The number of hydrogen-bond acceptors (Lipinski definition) is 3. The molecule has 1 fully saturated rings. The van der Waals surface area contributed by atoms with Gasteiger partial charge in [0.15, 0.2) is 0 Å². The number of carbonyl (C=O) groups excluding carboxylic acids is 1. The lowest BCUT2D eigenvalue weighted by Crippen LogP contribution is -2.48. The molecule has 1 atom stereocenters. The van der Waals surface area contributed by atoms with Gasteiger partial charge >= 0.3 is 0 Å². The highest BCUT2D eigenvalue weighted by atomic mass is 16.2. The summed E-state index contributed by atoms with van der Waals surface area (Å²) in [7, 11) is 0. The Kier molecular flexibility index (Phi) is 6.29. The Morgan fingerprint density at radius 1 is 1.00 bits per heavy atom. The average molecular weight is 351 g/mol. The van der Waals surface area contributed by atoms with Gasteiger partial charge < -0.3 is 10.2 Å². The second-order valence-electron chi connectivity index (χ2n) is 7.08. The molecule has 1 aliphatic heterocycles. The van der Waals surface area contributed by atoms with E-state index in [4.69, 9.17) is 0 Å². The van der Waals surface area contributed by atoms with Gasteiger partial charge in [-0.25, -0.2) is 0 Å². The Morgan fingerprint density at radius 3 is 2.27 bits per heavy atom. The Morgan fingerprint density at radius 2 is 1.65 bits per heavy atom. The van der Waals surface area contributed by atoms with Crippen LogP contribution < -0.4 is 10.2 Å². The van der Waals surface area contributed by atoms with Crippen molar-refractivity contribution in [2.45, 2.75) is 26.2 Å². The molecule has 1 amide bonds. The fourth-order valence-corrected chi connectivity index (χ4v) is 3.34. The molecule has 0 aromatic heterocycles. The molecule has 4 heteroatoms. The summed E-state index contributed by atoms with van der Waals surface area (Å²) in [5.74, 6) is 0.620. The first kappa shape index (κ1) is 18.5. The SMILES string of the molecule is CC[C@H](C)c1ccc(NC(=O)CN2CCN(c3ccccc3)CC2)cc1. The lowest BCUT2D eigenvalue weighted by atomic mass is 9.99. The van der Waals surface area contributed by atoms with E-state index in [1.165, 1.54) is 11.3 Å². The standard InChI is InChI=1S/C22H29N3O/c1-3-18(2)19-9-11-20(12-10-19)23-22(26)17-24-13-15-25(16-14-24)21-7-5-4-6-8-21/h4-12,18H,3,13-17H2,1-2H3,(H,23,26)/t18-/m0/s1. The highest BCUT2D eigenvalue weighted by molar-refractivity contribution is 5.92. The zero-order valence-corrected chi connectivity index (χ0v) is 15.8. The topological polar surface area (TPSA) is 35.6 Å². The summed E-state index contributed by atoms with van der Waals surface area (Å²) < 4.78 is 0. The van der Waals surface area contributed by atoms with Crippen molar-refractivity contribution < 1.29 is 4.79 Å². The molecule has 138 valence electrons. The van der Waals surface area contributed by atoms with Crippen molar-refractivity contribution >= 4 is 17.3 Å². The van der Waals surface area contributed by atoms with Crippen LogP contribution in [0, 0.1) is 0 Å². The third-order valence-corrected chi connectivity index (χ3v) is 5.24. The Bertz CT molecular complexity index is 691. The molecule has 0 saturated carbocycles. The van der Waals surface area contributed by atoms with Gasteiger partial charge in [-0.3, -0.25) is 9.69 Å². The number of rotatable bonds is 6. The Balaban J connectivity index is 1.46. The summed E-state index contributed by atoms with van der Waals surface area (Å²) >= 11 is 0. The van der Waals surface area contributed by atoms with E-state index >= 15 is 0 Å². The van der Waals surface area contributed by atoms with Crippen LogP contribution in [0.1, 0.15) is 31.7 Å². The van der Waals surface area contributed by atoms with Gasteiger partial charge in [-0.2, -0.15) is 0 Å². The second-order valence-corrected chi connectivity index (χ2v) is 7.08. The quantitative estimate of drug-likeness (QED) is 0.856. The van der Waals surface area contributed by atoms with Crippen molar-refractivity contribution in [1.29, 1.82) is 0 Å². The first-order chi connectivity index (χ1) is 12.7. The van der Waals surface area contributed by atoms with E-state index in [-0.39, 0.29) is 5.91 Å². The first-order valence-corrected chi connectivity index (χ1v) is 9.58. The second kappa shape index (κ2) is 8.86. The lowest BCUT2D eigenvalue weighted by Gasteiger charge is -2.35. The molecule has 1 N–H and O–H groups in total. The molecule has 1 aliphatic rings. The fraction of sp³-hybridized carbons (Fsp3) is 0.409. The third kappa shape index (κ3) is 4.85. The maximum Gasteiger partial charge on any atom is 0.238 e. The van der Waals surface area contributed by atoms with Gasteiger partial charge in [0.25, 0.3) is 0 Å². The number of nitrogens with zero attached hydrogens (tertiary/aromatic N) is 2. The van der Waals surface area contributed by atoms with Gasteiger partial charge in [0.05, 0.1) is 6.54 Å². The maximum atomic E-state index is 12.3. The molecule has 0 spiro atoms. The third-order valence-electron chi connectivity index (χ3n) is 5.24. The minimum absolute atomic E-state index is 0.0643. The van der Waals surface area contributed by atoms with Crippen LogP contribution >= 0.6 is 0 Å². The van der Waals surface area contributed by atoms with Gasteiger partial charge in [-0.05, 0) is 42.2 Å². The summed E-state index contributed by atoms with van der Waals surface area (Å²) in [6.45, 7) is 8.61. The number of hydrogen-bond donors (Lipinski definition) is 1. The molecule has 3 rings (SSSR count). The van der Waals surface area contributed by atoms with Crippen LogP contribution in [0.3, 0.4) is 0 Å². The van der Waals surface area contributed by atoms with Crippen LogP contribution in [-0.2, 0) is 4.79 Å². The van der Waals surface area contributed by atoms with Crippen LogP contribution in [0.4, 0.5) is 11.4 Å². The van der Waals surface area contributed by atoms with Crippen molar-refractivity contribution in [3.05, 3.63) is 60.2 Å². The minimum atomic E-state index is 0.0643. The van der Waals surface area contributed by atoms with Crippen LogP contribution in [0.25, 0.3) is 0 Å². The van der Waals surface area contributed by atoms with Gasteiger partial charge in [0.2, 0.25) is 5.91 Å². The molecule has 1 heterocycles. The minimum Gasteiger partial charge on any atom is -0.369 e. The van der Waals surface area contributed by atoms with Crippen LogP contribution in [-0.4, -0.2) is 43.5 Å². The van der Waals surface area contributed by atoms with E-state index in [9.17, 15) is 4.79 Å².